The fourth-order valence-corrected chi connectivity index (χ4v) is 3.36. The van der Waals surface area contributed by atoms with Gasteiger partial charge < -0.3 is 10.5 Å². The van der Waals surface area contributed by atoms with E-state index in [1.165, 1.54) is 11.7 Å². The van der Waals surface area contributed by atoms with Gasteiger partial charge in [-0.05, 0) is 42.8 Å². The predicted octanol–water partition coefficient (Wildman–Crippen LogP) is 4.21. The number of nitrogens with zero attached hydrogens (tertiary/aromatic N) is 4. The molecule has 0 saturated heterocycles. The summed E-state index contributed by atoms with van der Waals surface area (Å²) >= 11 is 6.06. The van der Waals surface area contributed by atoms with Crippen molar-refractivity contribution in [3.05, 3.63) is 58.6 Å². The molecule has 0 fully saturated rings. The van der Waals surface area contributed by atoms with Gasteiger partial charge in [-0.2, -0.15) is 20.3 Å². The maximum Gasteiger partial charge on any atom is 0.573 e. The SMILES string of the molecule is C=Cc1cc(Cl)cc2nn(CC(C)(C#N)c3cc(OC(F)(F)F)ccc3C(N)=O)nc12. The molecule has 160 valence electrons. The Labute approximate surface area is 179 Å². The zero-order chi connectivity index (χ0) is 23.0. The third kappa shape index (κ3) is 4.62. The summed E-state index contributed by atoms with van der Waals surface area (Å²) in [6, 6.07) is 8.23. The molecule has 1 aromatic heterocycles. The highest BCUT2D eigenvalue weighted by molar-refractivity contribution is 6.31. The first-order valence-corrected chi connectivity index (χ1v) is 9.12. The van der Waals surface area contributed by atoms with Crippen LogP contribution in [0.1, 0.15) is 28.4 Å². The average molecular weight is 450 g/mol. The van der Waals surface area contributed by atoms with Gasteiger partial charge in [0.05, 0.1) is 12.6 Å². The van der Waals surface area contributed by atoms with Crippen LogP contribution < -0.4 is 10.5 Å². The maximum atomic E-state index is 12.7. The lowest BCUT2D eigenvalue weighted by Gasteiger charge is -2.24. The van der Waals surface area contributed by atoms with Gasteiger partial charge in [-0.15, -0.1) is 13.2 Å². The molecular formula is C20H15ClF3N5O2. The number of nitriles is 1. The van der Waals surface area contributed by atoms with Crippen LogP contribution >= 0.6 is 11.6 Å². The van der Waals surface area contributed by atoms with Crippen molar-refractivity contribution in [1.29, 1.82) is 5.26 Å². The van der Waals surface area contributed by atoms with Crippen molar-refractivity contribution in [1.82, 2.24) is 15.0 Å². The highest BCUT2D eigenvalue weighted by Crippen LogP contribution is 2.33. The molecule has 0 aliphatic carbocycles. The summed E-state index contributed by atoms with van der Waals surface area (Å²) in [5.41, 5.74) is 5.21. The zero-order valence-electron chi connectivity index (χ0n) is 16.1. The fourth-order valence-electron chi connectivity index (χ4n) is 3.13. The van der Waals surface area contributed by atoms with Crippen molar-refractivity contribution in [2.75, 3.05) is 0 Å². The van der Waals surface area contributed by atoms with E-state index < -0.39 is 23.4 Å². The van der Waals surface area contributed by atoms with Gasteiger partial charge in [-0.3, -0.25) is 4.79 Å². The minimum absolute atomic E-state index is 0.0485. The lowest BCUT2D eigenvalue weighted by molar-refractivity contribution is -0.274. The fraction of sp³-hybridized carbons (Fsp3) is 0.200. The van der Waals surface area contributed by atoms with E-state index >= 15 is 0 Å². The van der Waals surface area contributed by atoms with Crippen LogP contribution in [0.3, 0.4) is 0 Å². The number of carbonyl (C=O) groups is 1. The molecule has 0 saturated carbocycles. The standard InChI is InChI=1S/C20H15ClF3N5O2/c1-3-11-6-12(21)7-16-17(11)28-29(27-16)10-19(2,9-25)15-8-13(31-20(22,23)24)4-5-14(15)18(26)30/h3-8H,1,10H2,2H3,(H2,26,30). The number of hydrogen-bond donors (Lipinski definition) is 1. The first-order chi connectivity index (χ1) is 14.5. The Morgan fingerprint density at radius 2 is 2.06 bits per heavy atom. The van der Waals surface area contributed by atoms with E-state index in [2.05, 4.69) is 21.5 Å². The van der Waals surface area contributed by atoms with E-state index in [1.54, 1.807) is 18.2 Å². The summed E-state index contributed by atoms with van der Waals surface area (Å²) in [6.07, 6.45) is -3.41. The second-order valence-electron chi connectivity index (χ2n) is 6.86. The molecule has 11 heteroatoms. The summed E-state index contributed by atoms with van der Waals surface area (Å²) in [5, 5.41) is 18.9. The van der Waals surface area contributed by atoms with E-state index in [9.17, 15) is 23.2 Å². The third-order valence-corrected chi connectivity index (χ3v) is 4.75. The van der Waals surface area contributed by atoms with Crippen LogP contribution in [-0.4, -0.2) is 27.3 Å². The molecule has 1 unspecified atom stereocenters. The van der Waals surface area contributed by atoms with Crippen molar-refractivity contribution in [2.24, 2.45) is 5.73 Å². The van der Waals surface area contributed by atoms with E-state index in [-0.39, 0.29) is 17.7 Å². The monoisotopic (exact) mass is 449 g/mol. The molecule has 0 radical (unpaired) electrons. The first kappa shape index (κ1) is 22.1. The molecule has 0 bridgehead atoms. The van der Waals surface area contributed by atoms with Gasteiger partial charge in [0.15, 0.2) is 0 Å². The number of ether oxygens (including phenoxy) is 1. The first-order valence-electron chi connectivity index (χ1n) is 8.74. The molecule has 3 rings (SSSR count). The Kier molecular flexibility index (Phi) is 5.65. The van der Waals surface area contributed by atoms with Crippen molar-refractivity contribution in [3.8, 4) is 11.8 Å². The zero-order valence-corrected chi connectivity index (χ0v) is 16.8. The number of primary amides is 1. The normalized spacial score (nSPS) is 13.4. The van der Waals surface area contributed by atoms with Gasteiger partial charge in [-0.25, -0.2) is 0 Å². The van der Waals surface area contributed by atoms with Gasteiger partial charge in [0.2, 0.25) is 5.91 Å². The molecule has 2 N–H and O–H groups in total. The number of benzene rings is 2. The Morgan fingerprint density at radius 1 is 1.35 bits per heavy atom. The van der Waals surface area contributed by atoms with Crippen LogP contribution in [0.15, 0.2) is 36.9 Å². The number of fused-ring (bicyclic) bond motifs is 1. The molecule has 0 spiro atoms. The number of hydrogen-bond acceptors (Lipinski definition) is 5. The summed E-state index contributed by atoms with van der Waals surface area (Å²) in [6.45, 7) is 4.93. The van der Waals surface area contributed by atoms with Crippen LogP contribution in [0.4, 0.5) is 13.2 Å². The Hall–Kier alpha value is -3.58. The quantitative estimate of drug-likeness (QED) is 0.606. The largest absolute Gasteiger partial charge is 0.573 e. The average Bonchev–Trinajstić information content (AvgIpc) is 3.07. The van der Waals surface area contributed by atoms with Crippen LogP contribution in [-0.2, 0) is 12.0 Å². The molecule has 2 aromatic carbocycles. The van der Waals surface area contributed by atoms with Crippen LogP contribution in [0.25, 0.3) is 17.1 Å². The highest BCUT2D eigenvalue weighted by atomic mass is 35.5. The summed E-state index contributed by atoms with van der Waals surface area (Å²) < 4.78 is 41.9. The van der Waals surface area contributed by atoms with Crippen molar-refractivity contribution in [3.63, 3.8) is 0 Å². The van der Waals surface area contributed by atoms with Crippen molar-refractivity contribution in [2.45, 2.75) is 25.2 Å². The van der Waals surface area contributed by atoms with Gasteiger partial charge in [0.25, 0.3) is 0 Å². The minimum atomic E-state index is -4.95. The van der Waals surface area contributed by atoms with Gasteiger partial charge in [-0.1, -0.05) is 24.3 Å². The summed E-state index contributed by atoms with van der Waals surface area (Å²) in [7, 11) is 0. The molecule has 0 aliphatic heterocycles. The lowest BCUT2D eigenvalue weighted by Crippen LogP contribution is -2.31. The molecule has 0 aliphatic rings. The Morgan fingerprint density at radius 3 is 2.65 bits per heavy atom. The maximum absolute atomic E-state index is 12.7. The van der Waals surface area contributed by atoms with Gasteiger partial charge >= 0.3 is 6.36 Å². The van der Waals surface area contributed by atoms with Gasteiger partial charge in [0.1, 0.15) is 22.2 Å². The number of halogens is 4. The second kappa shape index (κ2) is 7.92. The molecule has 1 amide bonds. The Balaban J connectivity index is 2.10. The van der Waals surface area contributed by atoms with Crippen LogP contribution in [0.2, 0.25) is 5.02 Å². The van der Waals surface area contributed by atoms with Gasteiger partial charge in [0, 0.05) is 16.1 Å². The van der Waals surface area contributed by atoms with Crippen LogP contribution in [0, 0.1) is 11.3 Å². The molecule has 1 heterocycles. The highest BCUT2D eigenvalue weighted by Gasteiger charge is 2.35. The van der Waals surface area contributed by atoms with E-state index in [4.69, 9.17) is 17.3 Å². The molecular weight excluding hydrogens is 435 g/mol. The summed E-state index contributed by atoms with van der Waals surface area (Å²) in [4.78, 5) is 13.1. The van der Waals surface area contributed by atoms with Crippen LogP contribution in [0.5, 0.6) is 5.75 Å². The molecule has 1 atom stereocenters. The van der Waals surface area contributed by atoms with E-state index in [0.717, 1.165) is 18.2 Å². The number of nitrogens with two attached hydrogens (primary N) is 1. The number of amides is 1. The number of alkyl halides is 3. The third-order valence-electron chi connectivity index (χ3n) is 4.53. The topological polar surface area (TPSA) is 107 Å². The number of rotatable bonds is 6. The molecule has 3 aromatic rings. The number of aromatic nitrogens is 3. The minimum Gasteiger partial charge on any atom is -0.406 e. The smallest absolute Gasteiger partial charge is 0.406 e. The lowest BCUT2D eigenvalue weighted by atomic mass is 9.81. The molecule has 7 nitrogen and oxygen atoms in total. The van der Waals surface area contributed by atoms with Crippen molar-refractivity contribution < 1.29 is 22.7 Å². The second-order valence-corrected chi connectivity index (χ2v) is 7.30. The van der Waals surface area contributed by atoms with E-state index in [1.807, 2.05) is 6.07 Å². The van der Waals surface area contributed by atoms with E-state index in [0.29, 0.717) is 21.6 Å². The Bertz CT molecular complexity index is 1230. The molecule has 31 heavy (non-hydrogen) atoms. The van der Waals surface area contributed by atoms with Crippen molar-refractivity contribution >= 4 is 34.6 Å². The predicted molar refractivity (Wildman–Crippen MR) is 107 cm³/mol. The number of carbonyl (C=O) groups excluding carboxylic acids is 1. The summed E-state index contributed by atoms with van der Waals surface area (Å²) in [5.74, 6) is -1.50.